The standard InChI is InChI=1S/C12H18ClN3O/c1-3-15-12(17)6-7-16(2)11-8-9(13)4-5-10(11)14/h4-5,8H,3,6-7,14H2,1-2H3,(H,15,17). The van der Waals surface area contributed by atoms with Crippen molar-refractivity contribution in [2.75, 3.05) is 30.8 Å². The number of nitrogen functional groups attached to an aromatic ring is 1. The monoisotopic (exact) mass is 255 g/mol. The van der Waals surface area contributed by atoms with Crippen LogP contribution in [0, 0.1) is 0 Å². The minimum absolute atomic E-state index is 0.0416. The number of nitrogens with two attached hydrogens (primary N) is 1. The summed E-state index contributed by atoms with van der Waals surface area (Å²) in [6.45, 7) is 3.16. The zero-order valence-electron chi connectivity index (χ0n) is 10.2. The maximum absolute atomic E-state index is 11.3. The van der Waals surface area contributed by atoms with Crippen molar-refractivity contribution < 1.29 is 4.79 Å². The second-order valence-corrected chi connectivity index (χ2v) is 4.26. The molecule has 94 valence electrons. The van der Waals surface area contributed by atoms with Crippen molar-refractivity contribution >= 4 is 28.9 Å². The molecule has 0 aliphatic rings. The molecular weight excluding hydrogens is 238 g/mol. The fourth-order valence-corrected chi connectivity index (χ4v) is 1.69. The lowest BCUT2D eigenvalue weighted by molar-refractivity contribution is -0.120. The predicted octanol–water partition coefficient (Wildman–Crippen LogP) is 1.88. The van der Waals surface area contributed by atoms with Gasteiger partial charge in [-0.25, -0.2) is 0 Å². The van der Waals surface area contributed by atoms with Gasteiger partial charge in [0.15, 0.2) is 0 Å². The van der Waals surface area contributed by atoms with Crippen LogP contribution in [0.5, 0.6) is 0 Å². The highest BCUT2D eigenvalue weighted by Crippen LogP contribution is 2.25. The van der Waals surface area contributed by atoms with Gasteiger partial charge in [-0.3, -0.25) is 4.79 Å². The van der Waals surface area contributed by atoms with Crippen molar-refractivity contribution in [1.82, 2.24) is 5.32 Å². The highest BCUT2D eigenvalue weighted by molar-refractivity contribution is 6.31. The lowest BCUT2D eigenvalue weighted by Gasteiger charge is -2.21. The van der Waals surface area contributed by atoms with Gasteiger partial charge in [-0.05, 0) is 25.1 Å². The Morgan fingerprint density at radius 3 is 2.88 bits per heavy atom. The molecule has 1 aromatic carbocycles. The molecule has 0 spiro atoms. The third kappa shape index (κ3) is 4.15. The van der Waals surface area contributed by atoms with Crippen LogP contribution in [0.3, 0.4) is 0 Å². The van der Waals surface area contributed by atoms with Gasteiger partial charge >= 0.3 is 0 Å². The lowest BCUT2D eigenvalue weighted by Crippen LogP contribution is -2.28. The van der Waals surface area contributed by atoms with Crippen molar-refractivity contribution in [3.8, 4) is 0 Å². The summed E-state index contributed by atoms with van der Waals surface area (Å²) in [7, 11) is 1.89. The molecule has 0 aliphatic heterocycles. The first-order valence-electron chi connectivity index (χ1n) is 5.57. The molecule has 0 bridgehead atoms. The largest absolute Gasteiger partial charge is 0.397 e. The molecule has 0 fully saturated rings. The summed E-state index contributed by atoms with van der Waals surface area (Å²) in [6, 6.07) is 5.31. The van der Waals surface area contributed by atoms with E-state index in [4.69, 9.17) is 17.3 Å². The number of carbonyl (C=O) groups excluding carboxylic acids is 1. The fourth-order valence-electron chi connectivity index (χ4n) is 1.52. The highest BCUT2D eigenvalue weighted by atomic mass is 35.5. The second-order valence-electron chi connectivity index (χ2n) is 3.83. The van der Waals surface area contributed by atoms with E-state index in [-0.39, 0.29) is 5.91 Å². The molecule has 0 radical (unpaired) electrons. The van der Waals surface area contributed by atoms with E-state index in [1.54, 1.807) is 18.2 Å². The summed E-state index contributed by atoms with van der Waals surface area (Å²) in [6.07, 6.45) is 0.441. The summed E-state index contributed by atoms with van der Waals surface area (Å²) in [4.78, 5) is 13.3. The molecule has 0 saturated heterocycles. The molecule has 4 nitrogen and oxygen atoms in total. The van der Waals surface area contributed by atoms with Crippen LogP contribution in [0.4, 0.5) is 11.4 Å². The molecule has 3 N–H and O–H groups in total. The molecule has 5 heteroatoms. The van der Waals surface area contributed by atoms with Gasteiger partial charge < -0.3 is 16.0 Å². The lowest BCUT2D eigenvalue weighted by atomic mass is 10.2. The number of amides is 1. The van der Waals surface area contributed by atoms with Gasteiger partial charge in [-0.15, -0.1) is 0 Å². The van der Waals surface area contributed by atoms with Crippen LogP contribution in [0.15, 0.2) is 18.2 Å². The molecule has 0 aromatic heterocycles. The number of benzene rings is 1. The summed E-state index contributed by atoms with van der Waals surface area (Å²) < 4.78 is 0. The van der Waals surface area contributed by atoms with Crippen LogP contribution < -0.4 is 16.0 Å². The van der Waals surface area contributed by atoms with Crippen molar-refractivity contribution in [1.29, 1.82) is 0 Å². The van der Waals surface area contributed by atoms with E-state index in [2.05, 4.69) is 5.32 Å². The maximum atomic E-state index is 11.3. The molecule has 17 heavy (non-hydrogen) atoms. The number of hydrogen-bond acceptors (Lipinski definition) is 3. The third-order valence-electron chi connectivity index (χ3n) is 2.45. The highest BCUT2D eigenvalue weighted by Gasteiger charge is 2.08. The number of hydrogen-bond donors (Lipinski definition) is 2. The van der Waals surface area contributed by atoms with E-state index in [1.807, 2.05) is 18.9 Å². The van der Waals surface area contributed by atoms with Gasteiger partial charge in [0, 0.05) is 31.6 Å². The Balaban J connectivity index is 2.60. The van der Waals surface area contributed by atoms with E-state index in [9.17, 15) is 4.79 Å². The van der Waals surface area contributed by atoms with Gasteiger partial charge in [0.1, 0.15) is 0 Å². The van der Waals surface area contributed by atoms with E-state index < -0.39 is 0 Å². The van der Waals surface area contributed by atoms with Gasteiger partial charge in [0.2, 0.25) is 5.91 Å². The average molecular weight is 256 g/mol. The smallest absolute Gasteiger partial charge is 0.221 e. The minimum atomic E-state index is 0.0416. The van der Waals surface area contributed by atoms with Crippen molar-refractivity contribution in [2.45, 2.75) is 13.3 Å². The van der Waals surface area contributed by atoms with Crippen LogP contribution in [0.1, 0.15) is 13.3 Å². The number of nitrogens with one attached hydrogen (secondary N) is 1. The Morgan fingerprint density at radius 1 is 1.53 bits per heavy atom. The molecule has 1 aromatic rings. The molecule has 0 atom stereocenters. The van der Waals surface area contributed by atoms with Crippen molar-refractivity contribution in [2.24, 2.45) is 0 Å². The number of halogens is 1. The Morgan fingerprint density at radius 2 is 2.24 bits per heavy atom. The number of anilines is 2. The molecule has 0 heterocycles. The van der Waals surface area contributed by atoms with Crippen LogP contribution in [-0.4, -0.2) is 26.0 Å². The van der Waals surface area contributed by atoms with Crippen LogP contribution in [-0.2, 0) is 4.79 Å². The Labute approximate surface area is 107 Å². The topological polar surface area (TPSA) is 58.4 Å². The summed E-state index contributed by atoms with van der Waals surface area (Å²) in [5.74, 6) is 0.0416. The average Bonchev–Trinajstić information content (AvgIpc) is 2.29. The van der Waals surface area contributed by atoms with Gasteiger partial charge in [0.05, 0.1) is 11.4 Å². The molecule has 0 unspecified atom stereocenters. The summed E-state index contributed by atoms with van der Waals surface area (Å²) in [5, 5.41) is 3.39. The maximum Gasteiger partial charge on any atom is 0.221 e. The van der Waals surface area contributed by atoms with E-state index >= 15 is 0 Å². The Kier molecular flexibility index (Phi) is 5.10. The first-order valence-corrected chi connectivity index (χ1v) is 5.95. The minimum Gasteiger partial charge on any atom is -0.397 e. The predicted molar refractivity (Wildman–Crippen MR) is 72.4 cm³/mol. The van der Waals surface area contributed by atoms with Gasteiger partial charge in [-0.2, -0.15) is 0 Å². The fraction of sp³-hybridized carbons (Fsp3) is 0.417. The number of carbonyl (C=O) groups is 1. The van der Waals surface area contributed by atoms with Gasteiger partial charge in [-0.1, -0.05) is 11.6 Å². The number of rotatable bonds is 5. The summed E-state index contributed by atoms with van der Waals surface area (Å²) >= 11 is 5.91. The first-order chi connectivity index (χ1) is 8.04. The van der Waals surface area contributed by atoms with Crippen LogP contribution >= 0.6 is 11.6 Å². The first kappa shape index (κ1) is 13.6. The van der Waals surface area contributed by atoms with E-state index in [1.165, 1.54) is 0 Å². The molecule has 1 amide bonds. The van der Waals surface area contributed by atoms with E-state index in [0.717, 1.165) is 5.69 Å². The second kappa shape index (κ2) is 6.35. The number of nitrogens with zero attached hydrogens (tertiary/aromatic N) is 1. The zero-order chi connectivity index (χ0) is 12.8. The van der Waals surface area contributed by atoms with Crippen LogP contribution in [0.25, 0.3) is 0 Å². The van der Waals surface area contributed by atoms with Crippen LogP contribution in [0.2, 0.25) is 5.02 Å². The summed E-state index contributed by atoms with van der Waals surface area (Å²) in [5.41, 5.74) is 7.36. The molecule has 0 aliphatic carbocycles. The molecular formula is C12H18ClN3O. The van der Waals surface area contributed by atoms with E-state index in [0.29, 0.717) is 30.2 Å². The Bertz CT molecular complexity index is 395. The third-order valence-corrected chi connectivity index (χ3v) is 2.69. The van der Waals surface area contributed by atoms with Gasteiger partial charge in [0.25, 0.3) is 0 Å². The molecule has 0 saturated carbocycles. The van der Waals surface area contributed by atoms with Crippen molar-refractivity contribution in [3.05, 3.63) is 23.2 Å². The quantitative estimate of drug-likeness (QED) is 0.790. The Hall–Kier alpha value is -1.42. The SMILES string of the molecule is CCNC(=O)CCN(C)c1cc(Cl)ccc1N. The normalized spacial score (nSPS) is 10.1. The zero-order valence-corrected chi connectivity index (χ0v) is 10.9. The van der Waals surface area contributed by atoms with Crippen molar-refractivity contribution in [3.63, 3.8) is 0 Å². The molecule has 1 rings (SSSR count).